The molecule has 19 heavy (non-hydrogen) atoms. The molecule has 0 bridgehead atoms. The van der Waals surface area contributed by atoms with Crippen molar-refractivity contribution in [2.75, 3.05) is 13.2 Å². The first-order valence-electron chi connectivity index (χ1n) is 6.06. The summed E-state index contributed by atoms with van der Waals surface area (Å²) in [5.41, 5.74) is 0.846. The van der Waals surface area contributed by atoms with E-state index in [-0.39, 0.29) is 12.6 Å². The van der Waals surface area contributed by atoms with Crippen LogP contribution in [0.1, 0.15) is 31.9 Å². The van der Waals surface area contributed by atoms with Crippen LogP contribution in [0.15, 0.2) is 22.7 Å². The van der Waals surface area contributed by atoms with Gasteiger partial charge in [0.05, 0.1) is 13.0 Å². The molecule has 0 fully saturated rings. The predicted molar refractivity (Wildman–Crippen MR) is 72.4 cm³/mol. The van der Waals surface area contributed by atoms with Crippen LogP contribution in [0, 0.1) is 0 Å². The molecule has 0 saturated carbocycles. The second kappa shape index (κ2) is 7.14. The standard InChI is InChI=1S/C13H17BrF3NO/c1-3-18-9(2)11-8-10(14)4-5-12(11)19-7-6-13(15,16)17/h4-5,8-9,18H,3,6-7H2,1-2H3. The smallest absolute Gasteiger partial charge is 0.392 e. The van der Waals surface area contributed by atoms with Gasteiger partial charge in [0, 0.05) is 16.1 Å². The van der Waals surface area contributed by atoms with Gasteiger partial charge in [0.1, 0.15) is 5.75 Å². The predicted octanol–water partition coefficient (Wildman–Crippen LogP) is 4.45. The molecular weight excluding hydrogens is 323 g/mol. The molecule has 0 aromatic heterocycles. The van der Waals surface area contributed by atoms with Crippen molar-refractivity contribution >= 4 is 15.9 Å². The Balaban J connectivity index is 2.76. The SMILES string of the molecule is CCNC(C)c1cc(Br)ccc1OCCC(F)(F)F. The number of halogens is 4. The van der Waals surface area contributed by atoms with Crippen molar-refractivity contribution in [3.05, 3.63) is 28.2 Å². The average molecular weight is 340 g/mol. The lowest BCUT2D eigenvalue weighted by atomic mass is 10.1. The fraction of sp³-hybridized carbons (Fsp3) is 0.538. The first-order valence-corrected chi connectivity index (χ1v) is 6.85. The van der Waals surface area contributed by atoms with Crippen molar-refractivity contribution in [1.29, 1.82) is 0 Å². The van der Waals surface area contributed by atoms with Gasteiger partial charge in [-0.3, -0.25) is 0 Å². The zero-order valence-corrected chi connectivity index (χ0v) is 12.4. The van der Waals surface area contributed by atoms with Crippen LogP contribution in [0.25, 0.3) is 0 Å². The quantitative estimate of drug-likeness (QED) is 0.826. The molecular formula is C13H17BrF3NO. The van der Waals surface area contributed by atoms with Crippen LogP contribution in [0.3, 0.4) is 0 Å². The van der Waals surface area contributed by atoms with E-state index in [1.807, 2.05) is 19.9 Å². The van der Waals surface area contributed by atoms with Crippen LogP contribution >= 0.6 is 15.9 Å². The molecule has 1 atom stereocenters. The van der Waals surface area contributed by atoms with E-state index in [1.54, 1.807) is 12.1 Å². The largest absolute Gasteiger partial charge is 0.493 e. The molecule has 0 aliphatic carbocycles. The minimum Gasteiger partial charge on any atom is -0.493 e. The second-order valence-corrected chi connectivity index (χ2v) is 5.09. The first kappa shape index (κ1) is 16.3. The molecule has 0 radical (unpaired) electrons. The summed E-state index contributed by atoms with van der Waals surface area (Å²) in [5, 5.41) is 3.21. The summed E-state index contributed by atoms with van der Waals surface area (Å²) in [6, 6.07) is 5.31. The zero-order chi connectivity index (χ0) is 14.5. The summed E-state index contributed by atoms with van der Waals surface area (Å²) in [5.74, 6) is 0.487. The van der Waals surface area contributed by atoms with Gasteiger partial charge in [-0.25, -0.2) is 0 Å². The highest BCUT2D eigenvalue weighted by atomic mass is 79.9. The van der Waals surface area contributed by atoms with Crippen molar-refractivity contribution in [2.45, 2.75) is 32.5 Å². The fourth-order valence-corrected chi connectivity index (χ4v) is 2.06. The molecule has 0 spiro atoms. The van der Waals surface area contributed by atoms with Gasteiger partial charge >= 0.3 is 6.18 Å². The number of ether oxygens (including phenoxy) is 1. The van der Waals surface area contributed by atoms with E-state index in [9.17, 15) is 13.2 Å². The van der Waals surface area contributed by atoms with Gasteiger partial charge in [0.15, 0.2) is 0 Å². The summed E-state index contributed by atoms with van der Waals surface area (Å²) in [4.78, 5) is 0. The van der Waals surface area contributed by atoms with Crippen LogP contribution < -0.4 is 10.1 Å². The Bertz CT molecular complexity index is 409. The first-order chi connectivity index (χ1) is 8.83. The highest BCUT2D eigenvalue weighted by Crippen LogP contribution is 2.29. The number of rotatable bonds is 6. The fourth-order valence-electron chi connectivity index (χ4n) is 1.68. The maximum Gasteiger partial charge on any atom is 0.392 e. The minimum atomic E-state index is -4.19. The summed E-state index contributed by atoms with van der Waals surface area (Å²) >= 11 is 3.35. The van der Waals surface area contributed by atoms with E-state index in [0.717, 1.165) is 16.6 Å². The van der Waals surface area contributed by atoms with E-state index in [0.29, 0.717) is 5.75 Å². The molecule has 1 N–H and O–H groups in total. The number of nitrogens with one attached hydrogen (secondary N) is 1. The summed E-state index contributed by atoms with van der Waals surface area (Å²) < 4.78 is 42.4. The number of hydrogen-bond acceptors (Lipinski definition) is 2. The Morgan fingerprint density at radius 3 is 2.63 bits per heavy atom. The second-order valence-electron chi connectivity index (χ2n) is 4.18. The Hall–Kier alpha value is -0.750. The van der Waals surface area contributed by atoms with Crippen molar-refractivity contribution in [1.82, 2.24) is 5.32 Å². The molecule has 1 aromatic carbocycles. The Morgan fingerprint density at radius 2 is 2.05 bits per heavy atom. The van der Waals surface area contributed by atoms with E-state index in [4.69, 9.17) is 4.74 Å². The minimum absolute atomic E-state index is 0.0170. The summed E-state index contributed by atoms with van der Waals surface area (Å²) in [6.45, 7) is 4.33. The molecule has 1 aromatic rings. The van der Waals surface area contributed by atoms with Crippen molar-refractivity contribution in [2.24, 2.45) is 0 Å². The lowest BCUT2D eigenvalue weighted by Crippen LogP contribution is -2.19. The van der Waals surface area contributed by atoms with Crippen LogP contribution in [0.4, 0.5) is 13.2 Å². The lowest BCUT2D eigenvalue weighted by molar-refractivity contribution is -0.139. The van der Waals surface area contributed by atoms with E-state index < -0.39 is 12.6 Å². The Morgan fingerprint density at radius 1 is 1.37 bits per heavy atom. The molecule has 1 unspecified atom stereocenters. The summed E-state index contributed by atoms with van der Waals surface area (Å²) in [6.07, 6.45) is -5.14. The van der Waals surface area contributed by atoms with Crippen LogP contribution in [-0.2, 0) is 0 Å². The molecule has 0 saturated heterocycles. The van der Waals surface area contributed by atoms with Gasteiger partial charge in [0.2, 0.25) is 0 Å². The third-order valence-electron chi connectivity index (χ3n) is 2.59. The molecule has 108 valence electrons. The van der Waals surface area contributed by atoms with Gasteiger partial charge in [-0.2, -0.15) is 13.2 Å². The van der Waals surface area contributed by atoms with Crippen molar-refractivity contribution in [3.8, 4) is 5.75 Å². The van der Waals surface area contributed by atoms with E-state index in [1.165, 1.54) is 0 Å². The normalized spacial score (nSPS) is 13.4. The molecule has 1 rings (SSSR count). The van der Waals surface area contributed by atoms with Crippen molar-refractivity contribution < 1.29 is 17.9 Å². The molecule has 2 nitrogen and oxygen atoms in total. The Labute approximate surface area is 119 Å². The average Bonchev–Trinajstić information content (AvgIpc) is 2.29. The van der Waals surface area contributed by atoms with E-state index >= 15 is 0 Å². The monoisotopic (exact) mass is 339 g/mol. The van der Waals surface area contributed by atoms with Crippen LogP contribution in [0.5, 0.6) is 5.75 Å². The van der Waals surface area contributed by atoms with Crippen LogP contribution in [0.2, 0.25) is 0 Å². The molecule has 0 aliphatic heterocycles. The third kappa shape index (κ3) is 5.82. The van der Waals surface area contributed by atoms with Gasteiger partial charge < -0.3 is 10.1 Å². The van der Waals surface area contributed by atoms with Gasteiger partial charge in [-0.1, -0.05) is 22.9 Å². The molecule has 0 amide bonds. The van der Waals surface area contributed by atoms with E-state index in [2.05, 4.69) is 21.2 Å². The van der Waals surface area contributed by atoms with Gasteiger partial charge in [-0.05, 0) is 31.7 Å². The molecule has 6 heteroatoms. The van der Waals surface area contributed by atoms with Crippen LogP contribution in [-0.4, -0.2) is 19.3 Å². The maximum atomic E-state index is 12.1. The third-order valence-corrected chi connectivity index (χ3v) is 3.09. The van der Waals surface area contributed by atoms with Gasteiger partial charge in [0.25, 0.3) is 0 Å². The number of hydrogen-bond donors (Lipinski definition) is 1. The lowest BCUT2D eigenvalue weighted by Gasteiger charge is -2.18. The highest BCUT2D eigenvalue weighted by Gasteiger charge is 2.27. The zero-order valence-electron chi connectivity index (χ0n) is 10.9. The van der Waals surface area contributed by atoms with Crippen molar-refractivity contribution in [3.63, 3.8) is 0 Å². The summed E-state index contributed by atoms with van der Waals surface area (Å²) in [7, 11) is 0. The van der Waals surface area contributed by atoms with Gasteiger partial charge in [-0.15, -0.1) is 0 Å². The molecule has 0 heterocycles. The highest BCUT2D eigenvalue weighted by molar-refractivity contribution is 9.10. The number of alkyl halides is 3. The maximum absolute atomic E-state index is 12.1. The topological polar surface area (TPSA) is 21.3 Å². The molecule has 0 aliphatic rings. The Kier molecular flexibility index (Phi) is 6.13. The number of benzene rings is 1.